The van der Waals surface area contributed by atoms with Crippen LogP contribution < -0.4 is 5.32 Å². The van der Waals surface area contributed by atoms with Crippen molar-refractivity contribution in [1.82, 2.24) is 10.2 Å². The number of hydrogen-bond acceptors (Lipinski definition) is 3. The first-order valence-electron chi connectivity index (χ1n) is 6.72. The molecular weight excluding hydrogens is 200 g/mol. The summed E-state index contributed by atoms with van der Waals surface area (Å²) in [5.41, 5.74) is 0. The summed E-state index contributed by atoms with van der Waals surface area (Å²) in [6.45, 7) is 3.75. The fourth-order valence-electron chi connectivity index (χ4n) is 3.07. The van der Waals surface area contributed by atoms with Crippen molar-refractivity contribution < 1.29 is 4.74 Å². The van der Waals surface area contributed by atoms with Crippen LogP contribution in [-0.4, -0.2) is 50.8 Å². The van der Waals surface area contributed by atoms with E-state index in [9.17, 15) is 0 Å². The highest BCUT2D eigenvalue weighted by molar-refractivity contribution is 4.81. The number of ether oxygens (including phenoxy) is 1. The van der Waals surface area contributed by atoms with Crippen LogP contribution in [0.3, 0.4) is 0 Å². The minimum atomic E-state index is 0.498. The highest BCUT2D eigenvalue weighted by Gasteiger charge is 2.24. The summed E-state index contributed by atoms with van der Waals surface area (Å²) >= 11 is 0. The van der Waals surface area contributed by atoms with E-state index < -0.39 is 0 Å². The minimum absolute atomic E-state index is 0.498. The second-order valence-electron chi connectivity index (χ2n) is 5.55. The van der Waals surface area contributed by atoms with Crippen molar-refractivity contribution in [2.75, 3.05) is 33.8 Å². The van der Waals surface area contributed by atoms with E-state index in [1.54, 1.807) is 0 Å². The molecule has 1 N–H and O–H groups in total. The summed E-state index contributed by atoms with van der Waals surface area (Å²) in [5.74, 6) is 0.868. The first kappa shape index (κ1) is 12.3. The predicted octanol–water partition coefficient (Wildman–Crippen LogP) is 1.49. The Morgan fingerprint density at radius 2 is 2.19 bits per heavy atom. The fourth-order valence-corrected chi connectivity index (χ4v) is 3.07. The van der Waals surface area contributed by atoms with Crippen molar-refractivity contribution in [3.8, 4) is 0 Å². The van der Waals surface area contributed by atoms with Crippen LogP contribution in [0.2, 0.25) is 0 Å². The molecule has 0 amide bonds. The predicted molar refractivity (Wildman–Crippen MR) is 66.7 cm³/mol. The van der Waals surface area contributed by atoms with Gasteiger partial charge in [0.25, 0.3) is 0 Å². The molecule has 0 radical (unpaired) electrons. The van der Waals surface area contributed by atoms with E-state index in [1.165, 1.54) is 51.7 Å². The molecule has 3 nitrogen and oxygen atoms in total. The van der Waals surface area contributed by atoms with Gasteiger partial charge in [-0.05, 0) is 58.2 Å². The Balaban J connectivity index is 1.65. The van der Waals surface area contributed by atoms with Crippen LogP contribution in [0.1, 0.15) is 32.1 Å². The monoisotopic (exact) mass is 226 g/mol. The standard InChI is InChI=1S/C13H26N2O/c1-15-7-6-11(10-15)9-14-12-4-3-5-13(8-12)16-2/h11-14H,3-10H2,1-2H3. The molecule has 1 aliphatic carbocycles. The van der Waals surface area contributed by atoms with E-state index in [2.05, 4.69) is 17.3 Å². The molecule has 1 saturated heterocycles. The first-order valence-corrected chi connectivity index (χ1v) is 6.72. The van der Waals surface area contributed by atoms with Crippen molar-refractivity contribution >= 4 is 0 Å². The summed E-state index contributed by atoms with van der Waals surface area (Å²) < 4.78 is 5.46. The third-order valence-corrected chi connectivity index (χ3v) is 4.14. The zero-order chi connectivity index (χ0) is 11.4. The Kier molecular flexibility index (Phi) is 4.62. The SMILES string of the molecule is COC1CCCC(NCC2CCN(C)C2)C1. The van der Waals surface area contributed by atoms with Crippen LogP contribution >= 0.6 is 0 Å². The van der Waals surface area contributed by atoms with E-state index in [4.69, 9.17) is 4.74 Å². The summed E-state index contributed by atoms with van der Waals surface area (Å²) in [5, 5.41) is 3.74. The van der Waals surface area contributed by atoms with Gasteiger partial charge in [0, 0.05) is 19.7 Å². The molecule has 1 heterocycles. The van der Waals surface area contributed by atoms with Crippen LogP contribution in [0.15, 0.2) is 0 Å². The van der Waals surface area contributed by atoms with Gasteiger partial charge in [0.15, 0.2) is 0 Å². The molecule has 0 bridgehead atoms. The van der Waals surface area contributed by atoms with Crippen LogP contribution in [0, 0.1) is 5.92 Å². The molecule has 0 aromatic rings. The molecule has 16 heavy (non-hydrogen) atoms. The van der Waals surface area contributed by atoms with Crippen LogP contribution in [0.4, 0.5) is 0 Å². The maximum atomic E-state index is 5.46. The van der Waals surface area contributed by atoms with Crippen molar-refractivity contribution in [3.63, 3.8) is 0 Å². The second kappa shape index (κ2) is 5.99. The summed E-state index contributed by atoms with van der Waals surface area (Å²) in [6.07, 6.45) is 6.98. The summed E-state index contributed by atoms with van der Waals surface area (Å²) in [4.78, 5) is 2.44. The molecule has 3 unspecified atom stereocenters. The number of hydrogen-bond donors (Lipinski definition) is 1. The van der Waals surface area contributed by atoms with Crippen molar-refractivity contribution in [2.24, 2.45) is 5.92 Å². The van der Waals surface area contributed by atoms with Crippen LogP contribution in [-0.2, 0) is 4.74 Å². The third kappa shape index (κ3) is 3.44. The summed E-state index contributed by atoms with van der Waals surface area (Å²) in [6, 6.07) is 0.699. The van der Waals surface area contributed by atoms with Gasteiger partial charge in [0.05, 0.1) is 6.10 Å². The zero-order valence-corrected chi connectivity index (χ0v) is 10.7. The lowest BCUT2D eigenvalue weighted by Crippen LogP contribution is -2.39. The highest BCUT2D eigenvalue weighted by atomic mass is 16.5. The van der Waals surface area contributed by atoms with Gasteiger partial charge >= 0.3 is 0 Å². The topological polar surface area (TPSA) is 24.5 Å². The molecule has 1 saturated carbocycles. The first-order chi connectivity index (χ1) is 7.78. The molecule has 2 fully saturated rings. The van der Waals surface area contributed by atoms with Crippen molar-refractivity contribution in [2.45, 2.75) is 44.2 Å². The summed E-state index contributed by atoms with van der Waals surface area (Å²) in [7, 11) is 4.07. The van der Waals surface area contributed by atoms with E-state index in [0.29, 0.717) is 12.1 Å². The van der Waals surface area contributed by atoms with Gasteiger partial charge in [0.2, 0.25) is 0 Å². The van der Waals surface area contributed by atoms with Gasteiger partial charge in [-0.2, -0.15) is 0 Å². The lowest BCUT2D eigenvalue weighted by Gasteiger charge is -2.29. The lowest BCUT2D eigenvalue weighted by atomic mass is 9.92. The highest BCUT2D eigenvalue weighted by Crippen LogP contribution is 2.21. The Bertz CT molecular complexity index is 210. The van der Waals surface area contributed by atoms with E-state index in [0.717, 1.165) is 5.92 Å². The molecule has 0 spiro atoms. The molecule has 3 heteroatoms. The fraction of sp³-hybridized carbons (Fsp3) is 1.00. The minimum Gasteiger partial charge on any atom is -0.381 e. The van der Waals surface area contributed by atoms with Gasteiger partial charge in [-0.15, -0.1) is 0 Å². The molecular formula is C13H26N2O. The molecule has 2 rings (SSSR count). The third-order valence-electron chi connectivity index (χ3n) is 4.14. The smallest absolute Gasteiger partial charge is 0.0586 e. The van der Waals surface area contributed by atoms with Gasteiger partial charge in [0.1, 0.15) is 0 Å². The average Bonchev–Trinajstić information content (AvgIpc) is 2.73. The average molecular weight is 226 g/mol. The normalized spacial score (nSPS) is 36.8. The molecule has 1 aliphatic heterocycles. The van der Waals surface area contributed by atoms with Gasteiger partial charge in [-0.1, -0.05) is 0 Å². The Hall–Kier alpha value is -0.120. The largest absolute Gasteiger partial charge is 0.381 e. The molecule has 2 aliphatic rings. The number of rotatable bonds is 4. The van der Waals surface area contributed by atoms with Gasteiger partial charge < -0.3 is 15.0 Å². The van der Waals surface area contributed by atoms with Crippen molar-refractivity contribution in [3.05, 3.63) is 0 Å². The lowest BCUT2D eigenvalue weighted by molar-refractivity contribution is 0.0583. The molecule has 0 aromatic heterocycles. The number of methoxy groups -OCH3 is 1. The van der Waals surface area contributed by atoms with E-state index in [1.807, 2.05) is 7.11 Å². The van der Waals surface area contributed by atoms with E-state index >= 15 is 0 Å². The van der Waals surface area contributed by atoms with Gasteiger partial charge in [-0.25, -0.2) is 0 Å². The Labute approximate surface area is 99.5 Å². The quantitative estimate of drug-likeness (QED) is 0.786. The Morgan fingerprint density at radius 1 is 1.31 bits per heavy atom. The number of nitrogens with zero attached hydrogens (tertiary/aromatic N) is 1. The zero-order valence-electron chi connectivity index (χ0n) is 10.7. The maximum Gasteiger partial charge on any atom is 0.0586 e. The van der Waals surface area contributed by atoms with Crippen molar-refractivity contribution in [1.29, 1.82) is 0 Å². The van der Waals surface area contributed by atoms with Crippen LogP contribution in [0.25, 0.3) is 0 Å². The number of nitrogens with one attached hydrogen (secondary N) is 1. The Morgan fingerprint density at radius 3 is 2.88 bits per heavy atom. The van der Waals surface area contributed by atoms with E-state index in [-0.39, 0.29) is 0 Å². The molecule has 3 atom stereocenters. The maximum absolute atomic E-state index is 5.46. The van der Waals surface area contributed by atoms with Gasteiger partial charge in [-0.3, -0.25) is 0 Å². The molecule has 0 aromatic carbocycles. The second-order valence-corrected chi connectivity index (χ2v) is 5.55. The molecule has 94 valence electrons. The number of likely N-dealkylation sites (tertiary alicyclic amines) is 1. The van der Waals surface area contributed by atoms with Crippen LogP contribution in [0.5, 0.6) is 0 Å².